The largest absolute Gasteiger partial charge is 0.350 e. The van der Waals surface area contributed by atoms with Crippen LogP contribution in [0.2, 0.25) is 5.02 Å². The molecule has 1 atom stereocenters. The maximum atomic E-state index is 13.6. The Kier molecular flexibility index (Phi) is 9.97. The molecule has 3 aromatic rings. The Morgan fingerprint density at radius 1 is 0.944 bits per heavy atom. The molecule has 7 heteroatoms. The van der Waals surface area contributed by atoms with Crippen LogP contribution in [0.1, 0.15) is 38.3 Å². The monoisotopic (exact) mass is 526 g/mol. The summed E-state index contributed by atoms with van der Waals surface area (Å²) in [6.07, 6.45) is 0.628. The van der Waals surface area contributed by atoms with E-state index in [1.807, 2.05) is 75.4 Å². The van der Waals surface area contributed by atoms with E-state index < -0.39 is 11.6 Å². The molecule has 0 heterocycles. The highest BCUT2D eigenvalue weighted by Crippen LogP contribution is 2.23. The summed E-state index contributed by atoms with van der Waals surface area (Å²) in [4.78, 5) is 29.7. The first kappa shape index (κ1) is 27.8. The first-order valence-corrected chi connectivity index (χ1v) is 13.3. The highest BCUT2D eigenvalue weighted by Gasteiger charge is 2.32. The zero-order valence-electron chi connectivity index (χ0n) is 20.8. The van der Waals surface area contributed by atoms with Gasteiger partial charge in [0.15, 0.2) is 0 Å². The lowest BCUT2D eigenvalue weighted by Crippen LogP contribution is -2.54. The van der Waals surface area contributed by atoms with Crippen molar-refractivity contribution in [1.29, 1.82) is 0 Å². The van der Waals surface area contributed by atoms with Gasteiger partial charge in [-0.3, -0.25) is 9.59 Å². The summed E-state index contributed by atoms with van der Waals surface area (Å²) >= 11 is 7.53. The molecular weight excluding hydrogens is 495 g/mol. The fourth-order valence-electron chi connectivity index (χ4n) is 3.72. The number of hydrogen-bond acceptors (Lipinski definition) is 3. The van der Waals surface area contributed by atoms with Crippen molar-refractivity contribution in [1.82, 2.24) is 10.2 Å². The molecule has 3 rings (SSSR count). The Hall–Kier alpha value is -2.83. The smallest absolute Gasteiger partial charge is 0.243 e. The molecule has 0 saturated heterocycles. The molecule has 190 valence electrons. The number of hydrogen-bond donors (Lipinski definition) is 1. The van der Waals surface area contributed by atoms with Gasteiger partial charge in [0.05, 0.1) is 0 Å². The third-order valence-electron chi connectivity index (χ3n) is 5.43. The normalized spacial score (nSPS) is 12.1. The SMILES string of the molecule is CC(C)(C)NC(=O)[C@H](Cc1ccccc1)N(Cc1ccc(F)cc1)C(=O)CCSc1ccc(Cl)cc1. The van der Waals surface area contributed by atoms with E-state index in [0.29, 0.717) is 17.2 Å². The zero-order valence-corrected chi connectivity index (χ0v) is 22.4. The quantitative estimate of drug-likeness (QED) is 0.306. The molecule has 0 aliphatic carbocycles. The highest BCUT2D eigenvalue weighted by molar-refractivity contribution is 7.99. The number of halogens is 2. The number of nitrogens with one attached hydrogen (secondary N) is 1. The Morgan fingerprint density at radius 2 is 1.58 bits per heavy atom. The van der Waals surface area contributed by atoms with Gasteiger partial charge >= 0.3 is 0 Å². The first-order valence-electron chi connectivity index (χ1n) is 11.9. The summed E-state index contributed by atoms with van der Waals surface area (Å²) < 4.78 is 13.5. The van der Waals surface area contributed by atoms with Crippen molar-refractivity contribution in [2.24, 2.45) is 0 Å². The third kappa shape index (κ3) is 8.99. The van der Waals surface area contributed by atoms with Gasteiger partial charge in [0.2, 0.25) is 11.8 Å². The Morgan fingerprint density at radius 3 is 2.19 bits per heavy atom. The van der Waals surface area contributed by atoms with Crippen LogP contribution in [0.25, 0.3) is 0 Å². The van der Waals surface area contributed by atoms with E-state index in [9.17, 15) is 14.0 Å². The summed E-state index contributed by atoms with van der Waals surface area (Å²) in [6.45, 7) is 5.96. The molecule has 0 aromatic heterocycles. The van der Waals surface area contributed by atoms with Gasteiger partial charge in [-0.2, -0.15) is 0 Å². The molecule has 2 amide bonds. The topological polar surface area (TPSA) is 49.4 Å². The van der Waals surface area contributed by atoms with Crippen molar-refractivity contribution in [2.75, 3.05) is 5.75 Å². The van der Waals surface area contributed by atoms with Crippen LogP contribution >= 0.6 is 23.4 Å². The fourth-order valence-corrected chi connectivity index (χ4v) is 4.69. The maximum absolute atomic E-state index is 13.6. The number of rotatable bonds is 10. The van der Waals surface area contributed by atoms with Crippen LogP contribution in [0.15, 0.2) is 83.8 Å². The predicted octanol–water partition coefficient (Wildman–Crippen LogP) is 6.52. The number of nitrogens with zero attached hydrogens (tertiary/aromatic N) is 1. The minimum atomic E-state index is -0.718. The molecule has 0 spiro atoms. The van der Waals surface area contributed by atoms with Gasteiger partial charge in [-0.05, 0) is 68.3 Å². The lowest BCUT2D eigenvalue weighted by atomic mass is 10.0. The second-order valence-electron chi connectivity index (χ2n) is 9.65. The van der Waals surface area contributed by atoms with E-state index in [4.69, 9.17) is 11.6 Å². The summed E-state index contributed by atoms with van der Waals surface area (Å²) in [7, 11) is 0. The lowest BCUT2D eigenvalue weighted by Gasteiger charge is -2.34. The molecule has 3 aromatic carbocycles. The van der Waals surface area contributed by atoms with Crippen LogP contribution in [-0.4, -0.2) is 34.0 Å². The average Bonchev–Trinajstić information content (AvgIpc) is 2.83. The number of amides is 2. The van der Waals surface area contributed by atoms with Crippen molar-refractivity contribution in [2.45, 2.75) is 56.6 Å². The van der Waals surface area contributed by atoms with Crippen molar-refractivity contribution in [3.63, 3.8) is 0 Å². The van der Waals surface area contributed by atoms with Gasteiger partial charge in [0.1, 0.15) is 11.9 Å². The number of thioether (sulfide) groups is 1. The van der Waals surface area contributed by atoms with Crippen LogP contribution in [0.3, 0.4) is 0 Å². The van der Waals surface area contributed by atoms with E-state index in [1.165, 1.54) is 12.1 Å². The van der Waals surface area contributed by atoms with Crippen LogP contribution in [0, 0.1) is 5.82 Å². The summed E-state index contributed by atoms with van der Waals surface area (Å²) in [5.41, 5.74) is 1.26. The van der Waals surface area contributed by atoms with Crippen molar-refractivity contribution >= 4 is 35.2 Å². The van der Waals surface area contributed by atoms with Crippen LogP contribution in [-0.2, 0) is 22.6 Å². The summed E-state index contributed by atoms with van der Waals surface area (Å²) in [6, 6.07) is 22.5. The Bertz CT molecular complexity index is 1130. The molecule has 0 radical (unpaired) electrons. The van der Waals surface area contributed by atoms with E-state index in [-0.39, 0.29) is 30.6 Å². The van der Waals surface area contributed by atoms with Gasteiger partial charge in [-0.25, -0.2) is 4.39 Å². The van der Waals surface area contributed by atoms with E-state index in [0.717, 1.165) is 16.0 Å². The number of carbonyl (C=O) groups is 2. The number of benzene rings is 3. The minimum absolute atomic E-state index is 0.134. The molecule has 0 bridgehead atoms. The van der Waals surface area contributed by atoms with Crippen molar-refractivity contribution in [3.8, 4) is 0 Å². The van der Waals surface area contributed by atoms with E-state index in [1.54, 1.807) is 28.8 Å². The van der Waals surface area contributed by atoms with Crippen LogP contribution in [0.5, 0.6) is 0 Å². The second kappa shape index (κ2) is 12.9. The highest BCUT2D eigenvalue weighted by atomic mass is 35.5. The lowest BCUT2D eigenvalue weighted by molar-refractivity contribution is -0.141. The molecule has 0 saturated carbocycles. The van der Waals surface area contributed by atoms with E-state index in [2.05, 4.69) is 5.32 Å². The average molecular weight is 527 g/mol. The van der Waals surface area contributed by atoms with E-state index >= 15 is 0 Å². The second-order valence-corrected chi connectivity index (χ2v) is 11.3. The molecule has 36 heavy (non-hydrogen) atoms. The van der Waals surface area contributed by atoms with Crippen LogP contribution in [0.4, 0.5) is 4.39 Å². The standard InChI is InChI=1S/C29H32ClFN2O2S/c1-29(2,3)32-28(35)26(19-21-7-5-4-6-8-21)33(20-22-9-13-24(31)14-10-22)27(34)17-18-36-25-15-11-23(30)12-16-25/h4-16,26H,17-20H2,1-3H3,(H,32,35)/t26-/m0/s1. The van der Waals surface area contributed by atoms with Gasteiger partial charge < -0.3 is 10.2 Å². The molecule has 0 unspecified atom stereocenters. The van der Waals surface area contributed by atoms with Crippen LogP contribution < -0.4 is 5.32 Å². The molecule has 1 N–H and O–H groups in total. The minimum Gasteiger partial charge on any atom is -0.350 e. The van der Waals surface area contributed by atoms with Crippen molar-refractivity contribution in [3.05, 3.63) is 101 Å². The molecule has 0 aliphatic heterocycles. The van der Waals surface area contributed by atoms with Gasteiger partial charge in [-0.1, -0.05) is 54.1 Å². The maximum Gasteiger partial charge on any atom is 0.243 e. The molecule has 0 aliphatic rings. The van der Waals surface area contributed by atoms with Crippen molar-refractivity contribution < 1.29 is 14.0 Å². The Labute approximate surface area is 222 Å². The van der Waals surface area contributed by atoms with Gasteiger partial charge in [-0.15, -0.1) is 11.8 Å². The molecular formula is C29H32ClFN2O2S. The van der Waals surface area contributed by atoms with Gasteiger partial charge in [0.25, 0.3) is 0 Å². The zero-order chi connectivity index (χ0) is 26.1. The van der Waals surface area contributed by atoms with Gasteiger partial charge in [0, 0.05) is 40.6 Å². The summed E-state index contributed by atoms with van der Waals surface area (Å²) in [5.74, 6) is -0.139. The predicted molar refractivity (Wildman–Crippen MR) is 146 cm³/mol. The molecule has 0 fully saturated rings. The molecule has 4 nitrogen and oxygen atoms in total. The first-order chi connectivity index (χ1) is 17.1. The number of carbonyl (C=O) groups excluding carboxylic acids is 2. The third-order valence-corrected chi connectivity index (χ3v) is 6.70. The fraction of sp³-hybridized carbons (Fsp3) is 0.310. The Balaban J connectivity index is 1.85. The summed E-state index contributed by atoms with van der Waals surface area (Å²) in [5, 5.41) is 3.71.